The second-order valence-corrected chi connectivity index (χ2v) is 2.41. The Morgan fingerprint density at radius 2 is 2.00 bits per heavy atom. The van der Waals surface area contributed by atoms with Crippen molar-refractivity contribution in [3.63, 3.8) is 0 Å². The first kappa shape index (κ1) is 8.28. The standard InChI is InChI=1S/C8H14O/c1-7(2)8(3)5-4-6-9/h4-7,9H,1-3H3. The lowest BCUT2D eigenvalue weighted by molar-refractivity contribution is 0.473. The molecular formula is C8H14O. The van der Waals surface area contributed by atoms with Crippen molar-refractivity contribution in [3.05, 3.63) is 24.0 Å². The van der Waals surface area contributed by atoms with Crippen molar-refractivity contribution < 1.29 is 5.11 Å². The first-order valence-electron chi connectivity index (χ1n) is 3.16. The summed E-state index contributed by atoms with van der Waals surface area (Å²) in [5.74, 6) is 0.571. The zero-order chi connectivity index (χ0) is 7.28. The van der Waals surface area contributed by atoms with E-state index in [1.807, 2.05) is 13.0 Å². The maximum atomic E-state index is 8.27. The molecule has 0 amide bonds. The van der Waals surface area contributed by atoms with E-state index in [1.165, 1.54) is 5.57 Å². The van der Waals surface area contributed by atoms with Crippen LogP contribution in [0.15, 0.2) is 24.0 Å². The van der Waals surface area contributed by atoms with Crippen LogP contribution in [0.3, 0.4) is 0 Å². The molecule has 0 radical (unpaired) electrons. The van der Waals surface area contributed by atoms with Crippen LogP contribution in [0.5, 0.6) is 0 Å². The fraction of sp³-hybridized carbons (Fsp3) is 0.500. The van der Waals surface area contributed by atoms with E-state index in [1.54, 1.807) is 6.08 Å². The van der Waals surface area contributed by atoms with E-state index >= 15 is 0 Å². The van der Waals surface area contributed by atoms with E-state index in [9.17, 15) is 0 Å². The van der Waals surface area contributed by atoms with Crippen LogP contribution in [0.4, 0.5) is 0 Å². The monoisotopic (exact) mass is 126 g/mol. The summed E-state index contributed by atoms with van der Waals surface area (Å²) in [6.07, 6.45) is 4.59. The van der Waals surface area contributed by atoms with Crippen LogP contribution in [0.2, 0.25) is 0 Å². The fourth-order valence-corrected chi connectivity index (χ4v) is 0.387. The van der Waals surface area contributed by atoms with Crippen molar-refractivity contribution in [2.24, 2.45) is 5.92 Å². The molecule has 1 nitrogen and oxygen atoms in total. The van der Waals surface area contributed by atoms with Gasteiger partial charge < -0.3 is 5.11 Å². The number of allylic oxidation sites excluding steroid dienone is 3. The zero-order valence-electron chi connectivity index (χ0n) is 6.26. The summed E-state index contributed by atoms with van der Waals surface area (Å²) in [7, 11) is 0. The SMILES string of the molecule is CC(=CC=CO)C(C)C. The second kappa shape index (κ2) is 4.19. The molecule has 0 saturated heterocycles. The molecule has 0 bridgehead atoms. The van der Waals surface area contributed by atoms with Crippen molar-refractivity contribution >= 4 is 0 Å². The van der Waals surface area contributed by atoms with Gasteiger partial charge >= 0.3 is 0 Å². The summed E-state index contributed by atoms with van der Waals surface area (Å²) in [4.78, 5) is 0. The average molecular weight is 126 g/mol. The molecule has 0 aromatic rings. The van der Waals surface area contributed by atoms with Gasteiger partial charge in [-0.15, -0.1) is 0 Å². The molecule has 1 heteroatoms. The van der Waals surface area contributed by atoms with Crippen molar-refractivity contribution in [1.82, 2.24) is 0 Å². The van der Waals surface area contributed by atoms with E-state index in [-0.39, 0.29) is 0 Å². The van der Waals surface area contributed by atoms with Gasteiger partial charge in [0.15, 0.2) is 0 Å². The smallest absolute Gasteiger partial charge is 0.0791 e. The van der Waals surface area contributed by atoms with Crippen molar-refractivity contribution in [1.29, 1.82) is 0 Å². The summed E-state index contributed by atoms with van der Waals surface area (Å²) in [5.41, 5.74) is 1.28. The number of aliphatic hydroxyl groups is 1. The molecule has 0 saturated carbocycles. The van der Waals surface area contributed by atoms with E-state index in [0.717, 1.165) is 6.26 Å². The quantitative estimate of drug-likeness (QED) is 0.445. The van der Waals surface area contributed by atoms with E-state index in [2.05, 4.69) is 13.8 Å². The molecule has 0 aliphatic heterocycles. The van der Waals surface area contributed by atoms with Gasteiger partial charge in [-0.05, 0) is 18.9 Å². The lowest BCUT2D eigenvalue weighted by atomic mass is 10.1. The van der Waals surface area contributed by atoms with Crippen LogP contribution in [0.1, 0.15) is 20.8 Å². The van der Waals surface area contributed by atoms with Gasteiger partial charge in [-0.25, -0.2) is 0 Å². The Morgan fingerprint density at radius 1 is 1.44 bits per heavy atom. The van der Waals surface area contributed by atoms with Crippen molar-refractivity contribution in [3.8, 4) is 0 Å². The minimum absolute atomic E-state index is 0.571. The maximum Gasteiger partial charge on any atom is 0.0791 e. The topological polar surface area (TPSA) is 20.2 Å². The summed E-state index contributed by atoms with van der Waals surface area (Å²) in [6, 6.07) is 0. The summed E-state index contributed by atoms with van der Waals surface area (Å²) >= 11 is 0. The molecule has 0 unspecified atom stereocenters. The van der Waals surface area contributed by atoms with Crippen LogP contribution in [-0.2, 0) is 0 Å². The lowest BCUT2D eigenvalue weighted by Crippen LogP contribution is -1.86. The van der Waals surface area contributed by atoms with Crippen LogP contribution in [0.25, 0.3) is 0 Å². The fourth-order valence-electron chi connectivity index (χ4n) is 0.387. The van der Waals surface area contributed by atoms with Crippen LogP contribution >= 0.6 is 0 Å². The van der Waals surface area contributed by atoms with Gasteiger partial charge in [-0.3, -0.25) is 0 Å². The molecule has 0 spiro atoms. The summed E-state index contributed by atoms with van der Waals surface area (Å²) < 4.78 is 0. The lowest BCUT2D eigenvalue weighted by Gasteiger charge is -2.00. The first-order valence-corrected chi connectivity index (χ1v) is 3.16. The molecule has 0 aromatic carbocycles. The number of rotatable bonds is 2. The normalized spacial score (nSPS) is 13.6. The van der Waals surface area contributed by atoms with Gasteiger partial charge in [-0.1, -0.05) is 25.5 Å². The Hall–Kier alpha value is -0.720. The molecule has 1 N–H and O–H groups in total. The molecule has 0 atom stereocenters. The third-order valence-electron chi connectivity index (χ3n) is 1.36. The highest BCUT2D eigenvalue weighted by Gasteiger charge is 1.91. The Morgan fingerprint density at radius 3 is 2.33 bits per heavy atom. The van der Waals surface area contributed by atoms with Gasteiger partial charge in [0.25, 0.3) is 0 Å². The highest BCUT2D eigenvalue weighted by atomic mass is 16.2. The zero-order valence-corrected chi connectivity index (χ0v) is 6.26. The van der Waals surface area contributed by atoms with E-state index < -0.39 is 0 Å². The highest BCUT2D eigenvalue weighted by Crippen LogP contribution is 2.06. The predicted octanol–water partition coefficient (Wildman–Crippen LogP) is 2.66. The molecule has 0 aromatic heterocycles. The molecule has 0 fully saturated rings. The van der Waals surface area contributed by atoms with Gasteiger partial charge in [0.2, 0.25) is 0 Å². The van der Waals surface area contributed by atoms with Crippen molar-refractivity contribution in [2.75, 3.05) is 0 Å². The molecule has 52 valence electrons. The molecule has 0 rings (SSSR count). The van der Waals surface area contributed by atoms with Gasteiger partial charge in [0.1, 0.15) is 0 Å². The largest absolute Gasteiger partial charge is 0.516 e. The van der Waals surface area contributed by atoms with E-state index in [0.29, 0.717) is 5.92 Å². The summed E-state index contributed by atoms with van der Waals surface area (Å²) in [5, 5.41) is 8.27. The third-order valence-corrected chi connectivity index (χ3v) is 1.36. The molecule has 0 aliphatic rings. The number of aliphatic hydroxyl groups excluding tert-OH is 1. The van der Waals surface area contributed by atoms with Crippen LogP contribution in [0, 0.1) is 5.92 Å². The first-order chi connectivity index (χ1) is 4.18. The highest BCUT2D eigenvalue weighted by molar-refractivity contribution is 5.10. The number of hydrogen-bond donors (Lipinski definition) is 1. The Kier molecular flexibility index (Phi) is 3.85. The molecule has 0 aliphatic carbocycles. The Bertz CT molecular complexity index is 121. The predicted molar refractivity (Wildman–Crippen MR) is 40.4 cm³/mol. The van der Waals surface area contributed by atoms with Crippen molar-refractivity contribution in [2.45, 2.75) is 20.8 Å². The van der Waals surface area contributed by atoms with Crippen LogP contribution in [-0.4, -0.2) is 5.11 Å². The van der Waals surface area contributed by atoms with Gasteiger partial charge in [-0.2, -0.15) is 0 Å². The van der Waals surface area contributed by atoms with E-state index in [4.69, 9.17) is 5.11 Å². The Labute approximate surface area is 56.7 Å². The van der Waals surface area contributed by atoms with Gasteiger partial charge in [0, 0.05) is 0 Å². The Balaban J connectivity index is 3.84. The molecule has 0 heterocycles. The average Bonchev–Trinajstić information content (AvgIpc) is 1.82. The maximum absolute atomic E-state index is 8.27. The number of hydrogen-bond acceptors (Lipinski definition) is 1. The third kappa shape index (κ3) is 3.83. The molecular weight excluding hydrogens is 112 g/mol. The molecule has 9 heavy (non-hydrogen) atoms. The van der Waals surface area contributed by atoms with Gasteiger partial charge in [0.05, 0.1) is 6.26 Å². The second-order valence-electron chi connectivity index (χ2n) is 2.41. The minimum atomic E-state index is 0.571. The minimum Gasteiger partial charge on any atom is -0.516 e. The van der Waals surface area contributed by atoms with Crippen LogP contribution < -0.4 is 0 Å². The summed E-state index contributed by atoms with van der Waals surface area (Å²) in [6.45, 7) is 6.29.